The van der Waals surface area contributed by atoms with Crippen molar-refractivity contribution in [1.29, 1.82) is 0 Å². The molecule has 3 aromatic rings. The molecule has 2 heterocycles. The lowest BCUT2D eigenvalue weighted by Crippen LogP contribution is -2.53. The second kappa shape index (κ2) is 9.89. The van der Waals surface area contributed by atoms with Crippen molar-refractivity contribution in [2.45, 2.75) is 77.5 Å². The Morgan fingerprint density at radius 3 is 1.14 bits per heavy atom. The average Bonchev–Trinajstić information content (AvgIpc) is 3.17. The fourth-order valence-electron chi connectivity index (χ4n) is 5.42. The summed E-state index contributed by atoms with van der Waals surface area (Å²) in [5.41, 5.74) is 0.359. The molecule has 0 aromatic heterocycles. The van der Waals surface area contributed by atoms with E-state index in [9.17, 15) is 20.8 Å². The minimum atomic E-state index is -0.849. The molecule has 2 N–H and O–H groups in total. The maximum atomic E-state index is 13.2. The summed E-state index contributed by atoms with van der Waals surface area (Å²) >= 11 is 0. The van der Waals surface area contributed by atoms with Crippen LogP contribution in [0.1, 0.15) is 66.5 Å². The van der Waals surface area contributed by atoms with Crippen LogP contribution >= 0.6 is 0 Å². The van der Waals surface area contributed by atoms with Crippen molar-refractivity contribution >= 4 is 28.7 Å². The molecule has 2 aliphatic heterocycles. The number of methoxy groups -OCH3 is 1. The van der Waals surface area contributed by atoms with E-state index < -0.39 is 22.2 Å². The first-order valence-corrected chi connectivity index (χ1v) is 14.3. The fourth-order valence-corrected chi connectivity index (χ4v) is 5.42. The molecule has 0 fully saturated rings. The van der Waals surface area contributed by atoms with Gasteiger partial charge in [0.25, 0.3) is 0 Å². The van der Waals surface area contributed by atoms with Crippen molar-refractivity contribution in [3.63, 3.8) is 0 Å². The van der Waals surface area contributed by atoms with Crippen molar-refractivity contribution in [2.24, 2.45) is 0 Å². The number of nitrogens with zero attached hydrogens (tertiary/aromatic N) is 5. The van der Waals surface area contributed by atoms with Gasteiger partial charge in [0.1, 0.15) is 16.8 Å². The molecule has 0 amide bonds. The molecule has 0 saturated carbocycles. The van der Waals surface area contributed by atoms with Crippen LogP contribution in [0.25, 0.3) is 0 Å². The number of hydroxylamine groups is 6. The molecule has 0 spiro atoms. The average molecular weight is 588 g/mol. The Bertz CT molecular complexity index is 1490. The summed E-state index contributed by atoms with van der Waals surface area (Å²) < 4.78 is 7.10. The van der Waals surface area contributed by atoms with E-state index in [-0.39, 0.29) is 11.7 Å². The van der Waals surface area contributed by atoms with Crippen LogP contribution in [0.3, 0.4) is 0 Å². The molecule has 0 radical (unpaired) electrons. The van der Waals surface area contributed by atoms with Gasteiger partial charge < -0.3 is 20.1 Å². The number of rotatable bonds is 6. The second-order valence-electron chi connectivity index (χ2n) is 13.2. The Balaban J connectivity index is 1.56. The van der Waals surface area contributed by atoms with Crippen LogP contribution in [0, 0.1) is 10.4 Å². The third kappa shape index (κ3) is 4.31. The van der Waals surface area contributed by atoms with E-state index in [4.69, 9.17) is 4.74 Å². The molecule has 0 saturated heterocycles. The predicted octanol–water partition coefficient (Wildman–Crippen LogP) is 6.20. The summed E-state index contributed by atoms with van der Waals surface area (Å²) in [6.45, 7) is 14.6. The van der Waals surface area contributed by atoms with Crippen molar-refractivity contribution < 1.29 is 24.6 Å². The first-order chi connectivity index (χ1) is 20.0. The van der Waals surface area contributed by atoms with Crippen molar-refractivity contribution in [3.8, 4) is 5.75 Å². The van der Waals surface area contributed by atoms with Gasteiger partial charge in [-0.25, -0.2) is 10.4 Å². The Morgan fingerprint density at radius 2 is 0.884 bits per heavy atom. The molecular formula is C33H41N5O5. The molecule has 43 heavy (non-hydrogen) atoms. The number of anilines is 3. The molecule has 0 unspecified atom stereocenters. The zero-order chi connectivity index (χ0) is 31.7. The highest BCUT2D eigenvalue weighted by atomic mass is 16.5. The molecular weight excluding hydrogens is 546 g/mol. The Hall–Kier alpha value is -4.28. The van der Waals surface area contributed by atoms with Gasteiger partial charge >= 0.3 is 11.7 Å². The van der Waals surface area contributed by atoms with Crippen LogP contribution in [0.2, 0.25) is 0 Å². The van der Waals surface area contributed by atoms with E-state index in [1.165, 1.54) is 0 Å². The van der Waals surface area contributed by atoms with E-state index in [0.717, 1.165) is 42.4 Å². The van der Waals surface area contributed by atoms with Crippen molar-refractivity contribution in [1.82, 2.24) is 10.1 Å². The van der Waals surface area contributed by atoms with E-state index in [1.807, 2.05) is 133 Å². The summed E-state index contributed by atoms with van der Waals surface area (Å²) in [5.74, 6) is 1.10. The molecule has 10 heteroatoms. The van der Waals surface area contributed by atoms with Gasteiger partial charge in [-0.05, 0) is 128 Å². The molecule has 0 aliphatic carbocycles. The normalized spacial score (nSPS) is 20.2. The highest BCUT2D eigenvalue weighted by Crippen LogP contribution is 2.40. The minimum absolute atomic E-state index is 0.192. The maximum absolute atomic E-state index is 13.2. The maximum Gasteiger partial charge on any atom is 0.313 e. The van der Waals surface area contributed by atoms with Crippen LogP contribution in [0.4, 0.5) is 17.1 Å². The molecule has 0 atom stereocenters. The summed E-state index contributed by atoms with van der Waals surface area (Å²) in [6, 6.07) is 22.5. The first kappa shape index (κ1) is 30.2. The standard InChI is InChI=1S/C33H41N5O5/c1-30(2)31(3,4)36(40)28(35(30)39)22-10-14-24(15-11-22)34(26-18-20-27(43-9)21-19-26)25-16-12-23(13-17-25)29-37(41)32(5,6)33(7,8)38(29)42/h10-21,39,41H,1-9H3. The van der Waals surface area contributed by atoms with E-state index in [0.29, 0.717) is 11.1 Å². The molecule has 228 valence electrons. The summed E-state index contributed by atoms with van der Waals surface area (Å²) in [4.78, 5) is 2.03. The van der Waals surface area contributed by atoms with Crippen LogP contribution in [0.15, 0.2) is 72.8 Å². The van der Waals surface area contributed by atoms with E-state index in [1.54, 1.807) is 7.11 Å². The molecule has 2 aliphatic rings. The summed E-state index contributed by atoms with van der Waals surface area (Å²) in [6.07, 6.45) is 0. The van der Waals surface area contributed by atoms with Gasteiger partial charge in [0.15, 0.2) is 11.1 Å². The zero-order valence-electron chi connectivity index (χ0n) is 26.3. The minimum Gasteiger partial charge on any atom is -0.714 e. The third-order valence-electron chi connectivity index (χ3n) is 9.95. The SMILES string of the molecule is COc1ccc(N(c2ccc(C3=[N+]([O-])C(C)(C)C(C)(C)N3O)cc2)c2ccc(C3=[N+]([O-])C(C)(C)C(C)(C)N3O)cc2)cc1. The molecule has 10 nitrogen and oxygen atoms in total. The van der Waals surface area contributed by atoms with Gasteiger partial charge in [0, 0.05) is 17.1 Å². The number of hydrogen-bond acceptors (Lipinski definition) is 8. The van der Waals surface area contributed by atoms with Gasteiger partial charge in [0.05, 0.1) is 18.2 Å². The van der Waals surface area contributed by atoms with Crippen LogP contribution in [0.5, 0.6) is 5.75 Å². The van der Waals surface area contributed by atoms with Gasteiger partial charge in [-0.15, -0.1) is 10.1 Å². The third-order valence-corrected chi connectivity index (χ3v) is 9.95. The quantitative estimate of drug-likeness (QED) is 0.259. The van der Waals surface area contributed by atoms with Crippen LogP contribution < -0.4 is 9.64 Å². The summed E-state index contributed by atoms with van der Waals surface area (Å²) in [5, 5.41) is 50.5. The molecule has 0 bridgehead atoms. The number of ether oxygens (including phenoxy) is 1. The number of amidine groups is 2. The van der Waals surface area contributed by atoms with Crippen molar-refractivity contribution in [2.75, 3.05) is 12.0 Å². The summed E-state index contributed by atoms with van der Waals surface area (Å²) in [7, 11) is 1.62. The first-order valence-electron chi connectivity index (χ1n) is 14.3. The lowest BCUT2D eigenvalue weighted by Gasteiger charge is -2.33. The monoisotopic (exact) mass is 587 g/mol. The number of benzene rings is 3. The Labute approximate surface area is 253 Å². The molecule has 3 aromatic carbocycles. The number of hydrogen-bond donors (Lipinski definition) is 2. The predicted molar refractivity (Wildman–Crippen MR) is 167 cm³/mol. The van der Waals surface area contributed by atoms with Gasteiger partial charge in [-0.2, -0.15) is 0 Å². The largest absolute Gasteiger partial charge is 0.714 e. The Kier molecular flexibility index (Phi) is 6.94. The second-order valence-corrected chi connectivity index (χ2v) is 13.2. The fraction of sp³-hybridized carbons (Fsp3) is 0.394. The van der Waals surface area contributed by atoms with Crippen molar-refractivity contribution in [3.05, 3.63) is 94.3 Å². The zero-order valence-corrected chi connectivity index (χ0v) is 26.3. The highest BCUT2D eigenvalue weighted by Gasteiger charge is 2.59. The van der Waals surface area contributed by atoms with Gasteiger partial charge in [0.2, 0.25) is 0 Å². The lowest BCUT2D eigenvalue weighted by atomic mass is 9.84. The molecule has 5 rings (SSSR count). The van der Waals surface area contributed by atoms with Crippen LogP contribution in [-0.2, 0) is 0 Å². The van der Waals surface area contributed by atoms with E-state index >= 15 is 0 Å². The lowest BCUT2D eigenvalue weighted by molar-refractivity contribution is -0.539. The van der Waals surface area contributed by atoms with E-state index in [2.05, 4.69) is 0 Å². The van der Waals surface area contributed by atoms with Crippen LogP contribution in [-0.4, -0.2) is 71.0 Å². The Morgan fingerprint density at radius 1 is 0.581 bits per heavy atom. The highest BCUT2D eigenvalue weighted by molar-refractivity contribution is 5.97. The van der Waals surface area contributed by atoms with Gasteiger partial charge in [-0.3, -0.25) is 9.48 Å². The smallest absolute Gasteiger partial charge is 0.313 e. The van der Waals surface area contributed by atoms with Gasteiger partial charge in [-0.1, -0.05) is 0 Å². The topological polar surface area (TPSA) is 112 Å².